The van der Waals surface area contributed by atoms with Crippen molar-refractivity contribution in [2.75, 3.05) is 12.4 Å². The number of nitrogens with one attached hydrogen (secondary N) is 1. The van der Waals surface area contributed by atoms with Gasteiger partial charge in [-0.3, -0.25) is 4.79 Å². The van der Waals surface area contributed by atoms with E-state index >= 15 is 0 Å². The summed E-state index contributed by atoms with van der Waals surface area (Å²) in [6.45, 7) is 7.20. The van der Waals surface area contributed by atoms with Crippen LogP contribution >= 0.6 is 34.5 Å². The topological polar surface area (TPSA) is 59.9 Å². The van der Waals surface area contributed by atoms with Gasteiger partial charge in [0.2, 0.25) is 0 Å². The van der Waals surface area contributed by atoms with Crippen LogP contribution in [0.15, 0.2) is 71.7 Å². The molecule has 0 radical (unpaired) electrons. The maximum Gasteiger partial charge on any atom is 0.259 e. The van der Waals surface area contributed by atoms with E-state index in [0.717, 1.165) is 36.0 Å². The highest BCUT2D eigenvalue weighted by Crippen LogP contribution is 2.45. The van der Waals surface area contributed by atoms with E-state index in [1.807, 2.05) is 42.5 Å². The molecular weight excluding hydrogens is 587 g/mol. The van der Waals surface area contributed by atoms with Crippen molar-refractivity contribution in [1.29, 1.82) is 0 Å². The number of nitrogens with zero attached hydrogens (tertiary/aromatic N) is 1. The maximum atomic E-state index is 13.6. The molecule has 0 fully saturated rings. The minimum Gasteiger partial charge on any atom is -0.493 e. The van der Waals surface area contributed by atoms with Crippen LogP contribution in [0.1, 0.15) is 59.1 Å². The highest BCUT2D eigenvalue weighted by molar-refractivity contribution is 7.16. The number of amides is 1. The Balaban J connectivity index is 1.42. The highest BCUT2D eigenvalue weighted by Gasteiger charge is 2.33. The monoisotopic (exact) mass is 620 g/mol. The van der Waals surface area contributed by atoms with Gasteiger partial charge in [-0.1, -0.05) is 62.2 Å². The molecule has 5 nitrogen and oxygen atoms in total. The van der Waals surface area contributed by atoms with Gasteiger partial charge in [0.15, 0.2) is 11.5 Å². The lowest BCUT2D eigenvalue weighted by Gasteiger charge is -2.33. The summed E-state index contributed by atoms with van der Waals surface area (Å²) >= 11 is 13.9. The van der Waals surface area contributed by atoms with Gasteiger partial charge in [0.25, 0.3) is 5.91 Å². The number of anilines is 1. The number of hydrogen-bond donors (Lipinski definition) is 1. The number of carbonyl (C=O) groups is 1. The molecule has 0 saturated heterocycles. The fourth-order valence-corrected chi connectivity index (χ4v) is 6.74. The van der Waals surface area contributed by atoms with Gasteiger partial charge in [0.05, 0.1) is 12.7 Å². The number of fused-ring (bicyclic) bond motifs is 1. The van der Waals surface area contributed by atoms with Crippen molar-refractivity contribution in [3.8, 4) is 11.5 Å². The van der Waals surface area contributed by atoms with Crippen molar-refractivity contribution in [3.05, 3.63) is 104 Å². The predicted molar refractivity (Wildman–Crippen MR) is 175 cm³/mol. The number of benzene rings is 3. The van der Waals surface area contributed by atoms with Crippen molar-refractivity contribution in [2.45, 2.75) is 46.6 Å². The number of ether oxygens (including phenoxy) is 2. The van der Waals surface area contributed by atoms with Gasteiger partial charge < -0.3 is 14.8 Å². The molecule has 4 aromatic rings. The van der Waals surface area contributed by atoms with E-state index in [9.17, 15) is 4.79 Å². The third kappa shape index (κ3) is 7.00. The summed E-state index contributed by atoms with van der Waals surface area (Å²) in [5, 5.41) is 5.03. The molecule has 42 heavy (non-hydrogen) atoms. The van der Waals surface area contributed by atoms with E-state index in [2.05, 4.69) is 26.1 Å². The average Bonchev–Trinajstić information content (AvgIpc) is 3.34. The molecule has 1 amide bonds. The average molecular weight is 622 g/mol. The number of methoxy groups -OCH3 is 1. The van der Waals surface area contributed by atoms with E-state index in [1.54, 1.807) is 48.9 Å². The van der Waals surface area contributed by atoms with E-state index in [1.165, 1.54) is 4.88 Å². The normalized spacial score (nSPS) is 15.0. The molecule has 3 aromatic carbocycles. The maximum absolute atomic E-state index is 13.6. The minimum atomic E-state index is -0.155. The number of hydrogen-bond acceptors (Lipinski definition) is 5. The lowest BCUT2D eigenvalue weighted by atomic mass is 9.72. The van der Waals surface area contributed by atoms with Gasteiger partial charge in [-0.2, -0.15) is 0 Å². The lowest BCUT2D eigenvalue weighted by Crippen LogP contribution is -2.27. The summed E-state index contributed by atoms with van der Waals surface area (Å²) in [6, 6.07) is 20.4. The molecule has 0 unspecified atom stereocenters. The van der Waals surface area contributed by atoms with E-state index < -0.39 is 0 Å². The van der Waals surface area contributed by atoms with Crippen LogP contribution in [0.25, 0.3) is 0 Å². The van der Waals surface area contributed by atoms with Gasteiger partial charge in [-0.25, -0.2) is 4.99 Å². The molecule has 0 spiro atoms. The quantitative estimate of drug-likeness (QED) is 0.199. The van der Waals surface area contributed by atoms with Crippen LogP contribution < -0.4 is 14.8 Å². The van der Waals surface area contributed by atoms with Crippen LogP contribution in [-0.4, -0.2) is 19.2 Å². The van der Waals surface area contributed by atoms with Crippen LogP contribution in [0.3, 0.4) is 0 Å². The standard InChI is InChI=1S/C34H34Cl2N2O3S/c1-34(2,3)23-10-15-26-30(18-23)42-33(31(26)32(39)38-25-13-11-24(35)12-14-25)37-19-21-9-16-28(29(17-21)40-4)41-20-22-7-5-6-8-27(22)36/h5-9,11-14,16-17,19,23H,10,15,18,20H2,1-4H3,(H,38,39)/t23-/m1/s1. The minimum absolute atomic E-state index is 0.155. The fourth-order valence-electron chi connectivity index (χ4n) is 5.15. The Morgan fingerprint density at radius 3 is 2.55 bits per heavy atom. The van der Waals surface area contributed by atoms with Crippen molar-refractivity contribution in [3.63, 3.8) is 0 Å². The number of thiophene rings is 1. The summed E-state index contributed by atoms with van der Waals surface area (Å²) in [4.78, 5) is 19.7. The van der Waals surface area contributed by atoms with Crippen LogP contribution in [-0.2, 0) is 19.4 Å². The summed E-state index contributed by atoms with van der Waals surface area (Å²) in [6.07, 6.45) is 4.63. The van der Waals surface area contributed by atoms with Gasteiger partial charge in [-0.15, -0.1) is 11.3 Å². The zero-order valence-electron chi connectivity index (χ0n) is 24.2. The van der Waals surface area contributed by atoms with Crippen LogP contribution in [0.4, 0.5) is 10.7 Å². The third-order valence-electron chi connectivity index (χ3n) is 7.66. The predicted octanol–water partition coefficient (Wildman–Crippen LogP) is 9.80. The second-order valence-corrected chi connectivity index (χ2v) is 13.4. The first-order valence-electron chi connectivity index (χ1n) is 13.9. The Labute approximate surface area is 261 Å². The summed E-state index contributed by atoms with van der Waals surface area (Å²) < 4.78 is 11.6. The molecule has 1 aliphatic carbocycles. The Morgan fingerprint density at radius 2 is 1.83 bits per heavy atom. The Kier molecular flexibility index (Phi) is 9.26. The van der Waals surface area contributed by atoms with Gasteiger partial charge in [-0.05, 0) is 90.3 Å². The summed E-state index contributed by atoms with van der Waals surface area (Å²) in [5.74, 6) is 1.59. The zero-order chi connectivity index (χ0) is 29.9. The first kappa shape index (κ1) is 30.1. The Morgan fingerprint density at radius 1 is 1.07 bits per heavy atom. The number of halogens is 2. The summed E-state index contributed by atoms with van der Waals surface area (Å²) in [5.41, 5.74) is 4.38. The largest absolute Gasteiger partial charge is 0.493 e. The van der Waals surface area contributed by atoms with Gasteiger partial charge >= 0.3 is 0 Å². The van der Waals surface area contributed by atoms with Crippen LogP contribution in [0, 0.1) is 11.3 Å². The van der Waals surface area contributed by atoms with E-state index in [4.69, 9.17) is 37.7 Å². The Hall–Kier alpha value is -3.32. The molecule has 5 rings (SSSR count). The smallest absolute Gasteiger partial charge is 0.259 e. The van der Waals surface area contributed by atoms with Crippen LogP contribution in [0.2, 0.25) is 10.0 Å². The molecule has 8 heteroatoms. The molecule has 0 saturated carbocycles. The second kappa shape index (κ2) is 12.9. The molecular formula is C34H34Cl2N2O3S. The SMILES string of the molecule is COc1cc(C=Nc2sc3c(c2C(=O)Nc2ccc(Cl)cc2)CC[C@@H](C(C)(C)C)C3)ccc1OCc1ccccc1Cl. The molecule has 1 N–H and O–H groups in total. The van der Waals surface area contributed by atoms with Crippen molar-refractivity contribution >= 4 is 57.3 Å². The van der Waals surface area contributed by atoms with Crippen molar-refractivity contribution in [1.82, 2.24) is 0 Å². The summed E-state index contributed by atoms with van der Waals surface area (Å²) in [7, 11) is 1.61. The van der Waals surface area contributed by atoms with Crippen molar-refractivity contribution < 1.29 is 14.3 Å². The first-order chi connectivity index (χ1) is 20.1. The third-order valence-corrected chi connectivity index (χ3v) is 9.44. The van der Waals surface area contributed by atoms with Gasteiger partial charge in [0, 0.05) is 32.4 Å². The molecule has 1 heterocycles. The zero-order valence-corrected chi connectivity index (χ0v) is 26.5. The second-order valence-electron chi connectivity index (χ2n) is 11.5. The van der Waals surface area contributed by atoms with Crippen LogP contribution in [0.5, 0.6) is 11.5 Å². The molecule has 1 atom stereocenters. The molecule has 0 bridgehead atoms. The number of rotatable bonds is 8. The highest BCUT2D eigenvalue weighted by atomic mass is 35.5. The lowest BCUT2D eigenvalue weighted by molar-refractivity contribution is 0.102. The van der Waals surface area contributed by atoms with E-state index in [0.29, 0.717) is 50.3 Å². The first-order valence-corrected chi connectivity index (χ1v) is 15.5. The van der Waals surface area contributed by atoms with E-state index in [-0.39, 0.29) is 11.3 Å². The Bertz CT molecular complexity index is 1610. The molecule has 1 aliphatic rings. The number of carbonyl (C=O) groups excluding carboxylic acids is 1. The van der Waals surface area contributed by atoms with Crippen molar-refractivity contribution in [2.24, 2.45) is 16.3 Å². The fraction of sp³-hybridized carbons (Fsp3) is 0.294. The molecule has 218 valence electrons. The number of aliphatic imine (C=N–C) groups is 1. The van der Waals surface area contributed by atoms with Gasteiger partial charge in [0.1, 0.15) is 11.6 Å². The molecule has 0 aliphatic heterocycles. The molecule has 1 aromatic heterocycles.